The van der Waals surface area contributed by atoms with Crippen LogP contribution in [0.25, 0.3) is 5.69 Å². The van der Waals surface area contributed by atoms with Crippen LogP contribution < -0.4 is 0 Å². The van der Waals surface area contributed by atoms with E-state index in [1.165, 1.54) is 0 Å². The standard InChI is InChI=1S/C10H5BrIN3/c11-8-1-2-10(7(3-8)4-13)15-6-9(12)5-14-15/h1-3,5-6H. The average molecular weight is 374 g/mol. The van der Waals surface area contributed by atoms with Crippen LogP contribution in [0.3, 0.4) is 0 Å². The van der Waals surface area contributed by atoms with Crippen LogP contribution in [-0.4, -0.2) is 9.78 Å². The number of aromatic nitrogens is 2. The highest BCUT2D eigenvalue weighted by atomic mass is 127. The first-order valence-electron chi connectivity index (χ1n) is 4.11. The lowest BCUT2D eigenvalue weighted by Crippen LogP contribution is -1.97. The third-order valence-electron chi connectivity index (χ3n) is 1.88. The van der Waals surface area contributed by atoms with E-state index in [0.29, 0.717) is 5.56 Å². The summed E-state index contributed by atoms with van der Waals surface area (Å²) in [6, 6.07) is 7.69. The largest absolute Gasteiger partial charge is 0.239 e. The Labute approximate surface area is 109 Å². The summed E-state index contributed by atoms with van der Waals surface area (Å²) in [6.45, 7) is 0. The van der Waals surface area contributed by atoms with Crippen molar-refractivity contribution in [3.05, 3.63) is 44.2 Å². The summed E-state index contributed by atoms with van der Waals surface area (Å²) >= 11 is 5.51. The van der Waals surface area contributed by atoms with Gasteiger partial charge in [0.2, 0.25) is 0 Å². The van der Waals surface area contributed by atoms with Gasteiger partial charge in [0.15, 0.2) is 0 Å². The van der Waals surface area contributed by atoms with Gasteiger partial charge < -0.3 is 0 Å². The maximum absolute atomic E-state index is 9.00. The molecule has 0 fully saturated rings. The summed E-state index contributed by atoms with van der Waals surface area (Å²) in [5, 5.41) is 13.2. The van der Waals surface area contributed by atoms with Crippen molar-refractivity contribution < 1.29 is 0 Å². The van der Waals surface area contributed by atoms with Crippen LogP contribution in [0.15, 0.2) is 35.1 Å². The zero-order chi connectivity index (χ0) is 10.8. The summed E-state index contributed by atoms with van der Waals surface area (Å²) in [6.07, 6.45) is 3.63. The van der Waals surface area contributed by atoms with Gasteiger partial charge in [-0.05, 0) is 40.8 Å². The molecule has 0 saturated carbocycles. The Kier molecular flexibility index (Phi) is 3.07. The number of hydrogen-bond acceptors (Lipinski definition) is 2. The highest BCUT2D eigenvalue weighted by Gasteiger charge is 2.05. The summed E-state index contributed by atoms with van der Waals surface area (Å²) in [5.41, 5.74) is 1.40. The van der Waals surface area contributed by atoms with E-state index in [0.717, 1.165) is 13.7 Å². The molecule has 3 nitrogen and oxygen atoms in total. The van der Waals surface area contributed by atoms with E-state index in [1.807, 2.05) is 18.3 Å². The number of nitrogens with zero attached hydrogens (tertiary/aromatic N) is 3. The molecule has 0 N–H and O–H groups in total. The third kappa shape index (κ3) is 2.21. The molecular formula is C10H5BrIN3. The molecule has 0 bridgehead atoms. The highest BCUT2D eigenvalue weighted by molar-refractivity contribution is 14.1. The fourth-order valence-electron chi connectivity index (χ4n) is 1.23. The Hall–Kier alpha value is -0.870. The van der Waals surface area contributed by atoms with E-state index in [1.54, 1.807) is 16.9 Å². The molecule has 0 amide bonds. The second-order valence-electron chi connectivity index (χ2n) is 2.88. The van der Waals surface area contributed by atoms with Gasteiger partial charge in [-0.1, -0.05) is 15.9 Å². The number of halogens is 2. The van der Waals surface area contributed by atoms with E-state index in [-0.39, 0.29) is 0 Å². The zero-order valence-electron chi connectivity index (χ0n) is 7.48. The molecule has 0 unspecified atom stereocenters. The second-order valence-corrected chi connectivity index (χ2v) is 5.04. The third-order valence-corrected chi connectivity index (χ3v) is 2.93. The molecule has 74 valence electrons. The zero-order valence-corrected chi connectivity index (χ0v) is 11.2. The minimum absolute atomic E-state index is 0.601. The predicted octanol–water partition coefficient (Wildman–Crippen LogP) is 3.11. The number of benzene rings is 1. The van der Waals surface area contributed by atoms with Gasteiger partial charge in [0.25, 0.3) is 0 Å². The first-order chi connectivity index (χ1) is 7.20. The van der Waals surface area contributed by atoms with Gasteiger partial charge in [0, 0.05) is 10.7 Å². The maximum atomic E-state index is 9.00. The van der Waals surface area contributed by atoms with Crippen LogP contribution in [0.1, 0.15) is 5.56 Å². The highest BCUT2D eigenvalue weighted by Crippen LogP contribution is 2.19. The summed E-state index contributed by atoms with van der Waals surface area (Å²) in [4.78, 5) is 0. The first-order valence-corrected chi connectivity index (χ1v) is 5.98. The van der Waals surface area contributed by atoms with Gasteiger partial charge in [-0.15, -0.1) is 0 Å². The Morgan fingerprint density at radius 3 is 2.87 bits per heavy atom. The smallest absolute Gasteiger partial charge is 0.101 e. The van der Waals surface area contributed by atoms with Gasteiger partial charge in [-0.2, -0.15) is 10.4 Å². The van der Waals surface area contributed by atoms with Gasteiger partial charge in [0.05, 0.1) is 21.0 Å². The molecule has 2 aromatic rings. The average Bonchev–Trinajstić information content (AvgIpc) is 2.64. The second kappa shape index (κ2) is 4.33. The first kappa shape index (κ1) is 10.6. The topological polar surface area (TPSA) is 41.6 Å². The van der Waals surface area contributed by atoms with Crippen LogP contribution in [0.5, 0.6) is 0 Å². The van der Waals surface area contributed by atoms with Crippen LogP contribution in [0.4, 0.5) is 0 Å². The molecule has 0 spiro atoms. The Balaban J connectivity index is 2.58. The monoisotopic (exact) mass is 373 g/mol. The molecule has 0 saturated heterocycles. The Bertz CT molecular complexity index is 542. The Morgan fingerprint density at radius 2 is 2.27 bits per heavy atom. The van der Waals surface area contributed by atoms with Crippen molar-refractivity contribution in [3.8, 4) is 11.8 Å². The molecule has 1 heterocycles. The summed E-state index contributed by atoms with van der Waals surface area (Å²) in [5.74, 6) is 0. The van der Waals surface area contributed by atoms with Crippen LogP contribution in [0, 0.1) is 14.9 Å². The van der Waals surface area contributed by atoms with Crippen molar-refractivity contribution in [2.45, 2.75) is 0 Å². The molecule has 15 heavy (non-hydrogen) atoms. The van der Waals surface area contributed by atoms with Crippen molar-refractivity contribution in [2.75, 3.05) is 0 Å². The maximum Gasteiger partial charge on any atom is 0.101 e. The van der Waals surface area contributed by atoms with Gasteiger partial charge in [0.1, 0.15) is 6.07 Å². The van der Waals surface area contributed by atoms with Crippen LogP contribution in [0.2, 0.25) is 0 Å². The van der Waals surface area contributed by atoms with Crippen molar-refractivity contribution in [3.63, 3.8) is 0 Å². The van der Waals surface area contributed by atoms with Gasteiger partial charge in [-0.25, -0.2) is 4.68 Å². The number of nitriles is 1. The molecule has 0 aliphatic rings. The van der Waals surface area contributed by atoms with Crippen molar-refractivity contribution in [2.24, 2.45) is 0 Å². The van der Waals surface area contributed by atoms with E-state index in [4.69, 9.17) is 5.26 Å². The molecule has 5 heteroatoms. The molecule has 0 aliphatic carbocycles. The van der Waals surface area contributed by atoms with Gasteiger partial charge >= 0.3 is 0 Å². The molecule has 2 rings (SSSR count). The molecular weight excluding hydrogens is 369 g/mol. The van der Waals surface area contributed by atoms with Crippen LogP contribution >= 0.6 is 38.5 Å². The minimum Gasteiger partial charge on any atom is -0.239 e. The SMILES string of the molecule is N#Cc1cc(Br)ccc1-n1cc(I)cn1. The molecule has 1 aromatic carbocycles. The van der Waals surface area contributed by atoms with Crippen molar-refractivity contribution in [1.29, 1.82) is 5.26 Å². The fourth-order valence-corrected chi connectivity index (χ4v) is 1.98. The van der Waals surface area contributed by atoms with Crippen molar-refractivity contribution >= 4 is 38.5 Å². The van der Waals surface area contributed by atoms with E-state index in [2.05, 4.69) is 49.7 Å². The van der Waals surface area contributed by atoms with Gasteiger partial charge in [-0.3, -0.25) is 0 Å². The lowest BCUT2D eigenvalue weighted by atomic mass is 10.2. The summed E-state index contributed by atoms with van der Waals surface area (Å²) in [7, 11) is 0. The van der Waals surface area contributed by atoms with E-state index >= 15 is 0 Å². The molecule has 0 radical (unpaired) electrons. The normalized spacial score (nSPS) is 9.93. The molecule has 1 aromatic heterocycles. The van der Waals surface area contributed by atoms with E-state index in [9.17, 15) is 0 Å². The van der Waals surface area contributed by atoms with Crippen LogP contribution in [-0.2, 0) is 0 Å². The number of hydrogen-bond donors (Lipinski definition) is 0. The summed E-state index contributed by atoms with van der Waals surface area (Å²) < 4.78 is 3.64. The fraction of sp³-hybridized carbons (Fsp3) is 0. The number of rotatable bonds is 1. The van der Waals surface area contributed by atoms with Crippen molar-refractivity contribution in [1.82, 2.24) is 9.78 Å². The lowest BCUT2D eigenvalue weighted by molar-refractivity contribution is 0.877. The Morgan fingerprint density at radius 1 is 1.47 bits per heavy atom. The quantitative estimate of drug-likeness (QED) is 0.721. The van der Waals surface area contributed by atoms with E-state index < -0.39 is 0 Å². The molecule has 0 atom stereocenters. The minimum atomic E-state index is 0.601. The molecule has 0 aliphatic heterocycles. The predicted molar refractivity (Wildman–Crippen MR) is 68.7 cm³/mol. The lowest BCUT2D eigenvalue weighted by Gasteiger charge is -2.03.